The number of ketones is 2. The topological polar surface area (TPSA) is 178 Å². The van der Waals surface area contributed by atoms with E-state index >= 15 is 0 Å². The molecule has 5 heterocycles. The molecule has 0 aliphatic carbocycles. The van der Waals surface area contributed by atoms with E-state index in [1.165, 1.54) is 48.5 Å². The number of methoxy groups -OCH3 is 1. The molecular weight excluding hydrogens is 935 g/mol. The van der Waals surface area contributed by atoms with Crippen molar-refractivity contribution in [2.24, 2.45) is 0 Å². The van der Waals surface area contributed by atoms with Gasteiger partial charge in [-0.2, -0.15) is 5.10 Å². The van der Waals surface area contributed by atoms with Crippen LogP contribution in [-0.4, -0.2) is 65.9 Å². The van der Waals surface area contributed by atoms with Crippen LogP contribution in [-0.2, 0) is 22.4 Å². The highest BCUT2D eigenvalue weighted by atomic mass is 19.2. The highest BCUT2D eigenvalue weighted by Crippen LogP contribution is 2.26. The lowest BCUT2D eigenvalue weighted by atomic mass is 9.92. The van der Waals surface area contributed by atoms with Crippen LogP contribution < -0.4 is 0 Å². The van der Waals surface area contributed by atoms with Crippen molar-refractivity contribution in [3.05, 3.63) is 219 Å². The van der Waals surface area contributed by atoms with Gasteiger partial charge in [0.2, 0.25) is 5.78 Å². The molecule has 2 N–H and O–H groups in total. The SMILES string of the molecule is COC(=O)C(C(=O)c1ncc(F)cc1F)c1ccccc1F.Fc1cnc2c(Cc3ccccc3F)[nH]nc2c1.O=C(Cc1ccccc1F)c1ncc(F)cc1F.O=C(O)c1ncc(F)cc1F. The lowest BCUT2D eigenvalue weighted by Gasteiger charge is -2.14. The van der Waals surface area contributed by atoms with Crippen molar-refractivity contribution in [1.82, 2.24) is 30.1 Å². The van der Waals surface area contributed by atoms with Crippen LogP contribution >= 0.6 is 0 Å². The van der Waals surface area contributed by atoms with Gasteiger partial charge in [0.25, 0.3) is 0 Å². The molecule has 0 aliphatic heterocycles. The first-order valence-corrected chi connectivity index (χ1v) is 19.4. The van der Waals surface area contributed by atoms with Gasteiger partial charge < -0.3 is 9.84 Å². The highest BCUT2D eigenvalue weighted by Gasteiger charge is 2.35. The fraction of sp³-hybridized carbons (Fsp3) is 0.0851. The number of carbonyl (C=O) groups is 4. The van der Waals surface area contributed by atoms with Gasteiger partial charge in [0.05, 0.1) is 37.6 Å². The second-order valence-electron chi connectivity index (χ2n) is 13.8. The van der Waals surface area contributed by atoms with Crippen LogP contribution in [0.5, 0.6) is 0 Å². The van der Waals surface area contributed by atoms with Gasteiger partial charge in [-0.1, -0.05) is 54.6 Å². The predicted octanol–water partition coefficient (Wildman–Crippen LogP) is 9.45. The number of H-pyrrole nitrogens is 1. The number of aromatic amines is 1. The highest BCUT2D eigenvalue weighted by molar-refractivity contribution is 6.12. The number of carboxylic acid groups (broad SMARTS) is 1. The van der Waals surface area contributed by atoms with Crippen LogP contribution in [0.1, 0.15) is 59.8 Å². The third-order valence-electron chi connectivity index (χ3n) is 9.10. The molecule has 0 bridgehead atoms. The first-order valence-electron chi connectivity index (χ1n) is 19.4. The Labute approximate surface area is 382 Å². The van der Waals surface area contributed by atoms with Crippen LogP contribution in [0.3, 0.4) is 0 Å². The molecule has 0 saturated heterocycles. The van der Waals surface area contributed by atoms with E-state index in [1.54, 1.807) is 24.3 Å². The van der Waals surface area contributed by atoms with Crippen LogP contribution in [0.4, 0.5) is 43.9 Å². The van der Waals surface area contributed by atoms with Gasteiger partial charge in [-0.05, 0) is 29.3 Å². The molecule has 5 aromatic heterocycles. The summed E-state index contributed by atoms with van der Waals surface area (Å²) in [6.45, 7) is 0. The molecule has 22 heteroatoms. The number of hydrogen-bond donors (Lipinski definition) is 2. The maximum atomic E-state index is 13.8. The first kappa shape index (κ1) is 51.3. The number of carbonyl (C=O) groups excluding carboxylic acids is 3. The number of carboxylic acids is 1. The summed E-state index contributed by atoms with van der Waals surface area (Å²) in [5.74, 6) is -14.4. The second-order valence-corrected chi connectivity index (χ2v) is 13.8. The van der Waals surface area contributed by atoms with Crippen molar-refractivity contribution in [2.45, 2.75) is 18.8 Å². The summed E-state index contributed by atoms with van der Waals surface area (Å²) in [4.78, 5) is 59.7. The van der Waals surface area contributed by atoms with Gasteiger partial charge in [-0.3, -0.25) is 19.5 Å². The number of nitrogens with zero attached hydrogens (tertiary/aromatic N) is 5. The molecule has 3 aromatic carbocycles. The molecule has 8 rings (SSSR count). The lowest BCUT2D eigenvalue weighted by Crippen LogP contribution is -2.26. The fourth-order valence-electron chi connectivity index (χ4n) is 5.91. The fourth-order valence-corrected chi connectivity index (χ4v) is 5.91. The van der Waals surface area contributed by atoms with E-state index < -0.39 is 98.9 Å². The minimum atomic E-state index is -1.72. The zero-order valence-electron chi connectivity index (χ0n) is 35.0. The summed E-state index contributed by atoms with van der Waals surface area (Å²) >= 11 is 0. The number of halogens is 10. The smallest absolute Gasteiger partial charge is 0.357 e. The molecular formula is C47H30F10N6O6. The van der Waals surface area contributed by atoms with Crippen molar-refractivity contribution in [3.8, 4) is 0 Å². The quantitative estimate of drug-likeness (QED) is 0.0578. The number of pyridine rings is 4. The van der Waals surface area contributed by atoms with Gasteiger partial charge in [0.1, 0.15) is 69.1 Å². The Kier molecular flexibility index (Phi) is 17.6. The largest absolute Gasteiger partial charge is 0.476 e. The van der Waals surface area contributed by atoms with Crippen molar-refractivity contribution in [1.29, 1.82) is 0 Å². The third-order valence-corrected chi connectivity index (χ3v) is 9.10. The van der Waals surface area contributed by atoms with Crippen LogP contribution in [0.15, 0.2) is 122 Å². The number of ether oxygens (including phenoxy) is 1. The molecule has 69 heavy (non-hydrogen) atoms. The molecule has 0 spiro atoms. The summed E-state index contributed by atoms with van der Waals surface area (Å²) in [5, 5.41) is 15.0. The first-order chi connectivity index (χ1) is 32.9. The number of benzene rings is 3. The molecule has 0 aliphatic rings. The van der Waals surface area contributed by atoms with E-state index in [1.807, 2.05) is 0 Å². The Morgan fingerprint density at radius 1 is 0.565 bits per heavy atom. The normalized spacial score (nSPS) is 10.9. The summed E-state index contributed by atoms with van der Waals surface area (Å²) in [7, 11) is 1.01. The van der Waals surface area contributed by atoms with Crippen molar-refractivity contribution in [2.75, 3.05) is 7.11 Å². The molecule has 0 saturated carbocycles. The van der Waals surface area contributed by atoms with E-state index in [0.717, 1.165) is 25.6 Å². The van der Waals surface area contributed by atoms with Gasteiger partial charge in [-0.15, -0.1) is 0 Å². The Bertz CT molecular complexity index is 3160. The summed E-state index contributed by atoms with van der Waals surface area (Å²) in [5.41, 5.74) is 0.0919. The monoisotopic (exact) mass is 964 g/mol. The minimum absolute atomic E-state index is 0.146. The summed E-state index contributed by atoms with van der Waals surface area (Å²) in [6, 6.07) is 20.0. The van der Waals surface area contributed by atoms with Gasteiger partial charge in [-0.25, -0.2) is 68.6 Å². The molecule has 8 aromatic rings. The Morgan fingerprint density at radius 3 is 1.54 bits per heavy atom. The third kappa shape index (κ3) is 13.7. The molecule has 12 nitrogen and oxygen atoms in total. The zero-order chi connectivity index (χ0) is 50.4. The number of fused-ring (bicyclic) bond motifs is 1. The molecule has 0 amide bonds. The zero-order valence-corrected chi connectivity index (χ0v) is 35.0. The number of Topliss-reactive ketones (excluding diaryl/α,β-unsaturated/α-hetero) is 2. The van der Waals surface area contributed by atoms with E-state index in [9.17, 15) is 63.1 Å². The second kappa shape index (κ2) is 23.7. The molecule has 1 atom stereocenters. The van der Waals surface area contributed by atoms with Gasteiger partial charge >= 0.3 is 11.9 Å². The Morgan fingerprint density at radius 2 is 1.03 bits per heavy atom. The Balaban J connectivity index is 0.000000176. The number of hydrogen-bond acceptors (Lipinski definition) is 10. The average molecular weight is 965 g/mol. The van der Waals surface area contributed by atoms with Crippen LogP contribution in [0.25, 0.3) is 11.0 Å². The summed E-state index contributed by atoms with van der Waals surface area (Å²) < 4.78 is 135. The number of rotatable bonds is 10. The van der Waals surface area contributed by atoms with E-state index in [4.69, 9.17) is 5.11 Å². The van der Waals surface area contributed by atoms with Crippen molar-refractivity contribution < 1.29 is 72.9 Å². The maximum Gasteiger partial charge on any atom is 0.357 e. The number of nitrogens with one attached hydrogen (secondary N) is 1. The van der Waals surface area contributed by atoms with E-state index in [0.29, 0.717) is 59.3 Å². The molecule has 0 radical (unpaired) electrons. The predicted molar refractivity (Wildman–Crippen MR) is 222 cm³/mol. The molecule has 354 valence electrons. The van der Waals surface area contributed by atoms with Crippen molar-refractivity contribution >= 4 is 34.5 Å². The molecule has 0 fully saturated rings. The Hall–Kier alpha value is -8.69. The standard InChI is InChI=1S/C15H10F3NO3.C13H8F3NO.C13H9F2N3.C6H3F2NO2/c1-22-15(21)12(9-4-2-3-5-10(9)17)14(20)13-11(18)6-8(16)7-19-13;14-9-6-11(16)13(17-7-9)12(18)5-8-3-1-2-4-10(8)15;14-9-6-12-13(16-7-9)11(17-18-12)5-8-3-1-2-4-10(8)15;7-3-1-4(8)5(6(10)11)9-2-3/h2-7,12H,1H3;1-4,6-7H,5H2;1-4,6-7H,5H2,(H,17,18);1-2H,(H,10,11). The summed E-state index contributed by atoms with van der Waals surface area (Å²) in [6.07, 6.45) is 3.18. The molecule has 1 unspecified atom stereocenters. The lowest BCUT2D eigenvalue weighted by molar-refractivity contribution is -0.141. The van der Waals surface area contributed by atoms with Crippen LogP contribution in [0, 0.1) is 58.2 Å². The van der Waals surface area contributed by atoms with Crippen molar-refractivity contribution in [3.63, 3.8) is 0 Å². The van der Waals surface area contributed by atoms with E-state index in [-0.39, 0.29) is 23.4 Å². The van der Waals surface area contributed by atoms with E-state index in [2.05, 4.69) is 34.9 Å². The van der Waals surface area contributed by atoms with Crippen LogP contribution in [0.2, 0.25) is 0 Å². The number of esters is 1. The average Bonchev–Trinajstić information content (AvgIpc) is 3.70. The number of aromatic carboxylic acids is 1. The van der Waals surface area contributed by atoms with Gasteiger partial charge in [0, 0.05) is 42.7 Å². The maximum absolute atomic E-state index is 13.8. The minimum Gasteiger partial charge on any atom is -0.476 e. The van der Waals surface area contributed by atoms with Gasteiger partial charge in [0.15, 0.2) is 28.9 Å². The number of aromatic nitrogens is 6.